The van der Waals surface area contributed by atoms with Crippen molar-refractivity contribution in [2.24, 2.45) is 0 Å². The maximum atomic E-state index is 11.8. The monoisotopic (exact) mass is 319 g/mol. The summed E-state index contributed by atoms with van der Waals surface area (Å²) in [5.74, 6) is 0.480. The largest absolute Gasteiger partial charge is 0.495 e. The first-order valence-electron chi connectivity index (χ1n) is 6.87. The van der Waals surface area contributed by atoms with E-state index in [9.17, 15) is 4.79 Å². The molecule has 0 unspecified atom stereocenters. The first-order chi connectivity index (χ1) is 10.5. The maximum absolute atomic E-state index is 11.8. The normalized spacial score (nSPS) is 10.4. The zero-order valence-electron chi connectivity index (χ0n) is 12.7. The summed E-state index contributed by atoms with van der Waals surface area (Å²) >= 11 is 5.99. The van der Waals surface area contributed by atoms with Gasteiger partial charge in [0.2, 0.25) is 0 Å². The topological polar surface area (TPSA) is 63.2 Å². The number of carbonyl (C=O) groups excluding carboxylic acids is 1. The van der Waals surface area contributed by atoms with Crippen LogP contribution in [0.5, 0.6) is 5.75 Å². The highest BCUT2D eigenvalue weighted by Crippen LogP contribution is 2.30. The number of rotatable bonds is 5. The number of anilines is 2. The Morgan fingerprint density at radius 1 is 1.27 bits per heavy atom. The third-order valence-corrected chi connectivity index (χ3v) is 3.09. The molecule has 1 aromatic heterocycles. The van der Waals surface area contributed by atoms with E-state index in [1.54, 1.807) is 43.6 Å². The van der Waals surface area contributed by atoms with E-state index in [4.69, 9.17) is 16.3 Å². The van der Waals surface area contributed by atoms with Crippen molar-refractivity contribution in [1.29, 1.82) is 0 Å². The summed E-state index contributed by atoms with van der Waals surface area (Å²) in [7, 11) is 1.59. The van der Waals surface area contributed by atoms with Gasteiger partial charge in [-0.05, 0) is 44.2 Å². The average molecular weight is 320 g/mol. The summed E-state index contributed by atoms with van der Waals surface area (Å²) in [5.41, 5.74) is 1.84. The fourth-order valence-electron chi connectivity index (χ4n) is 1.87. The lowest BCUT2D eigenvalue weighted by atomic mass is 10.2. The minimum atomic E-state index is -0.193. The van der Waals surface area contributed by atoms with E-state index in [2.05, 4.69) is 15.6 Å². The van der Waals surface area contributed by atoms with Crippen molar-refractivity contribution in [2.75, 3.05) is 12.4 Å². The van der Waals surface area contributed by atoms with Gasteiger partial charge in [0.05, 0.1) is 24.7 Å². The molecule has 0 aliphatic carbocycles. The second-order valence-corrected chi connectivity index (χ2v) is 5.47. The van der Waals surface area contributed by atoms with Crippen LogP contribution in [0.4, 0.5) is 11.4 Å². The molecule has 0 saturated heterocycles. The Bertz CT molecular complexity index is 657. The Morgan fingerprint density at radius 2 is 2.05 bits per heavy atom. The van der Waals surface area contributed by atoms with Crippen LogP contribution in [0.2, 0.25) is 5.02 Å². The molecule has 5 nitrogen and oxygen atoms in total. The molecule has 1 aromatic carbocycles. The van der Waals surface area contributed by atoms with Gasteiger partial charge in [-0.25, -0.2) is 4.98 Å². The van der Waals surface area contributed by atoms with Crippen molar-refractivity contribution in [3.63, 3.8) is 0 Å². The number of benzene rings is 1. The lowest BCUT2D eigenvalue weighted by Gasteiger charge is -2.12. The van der Waals surface area contributed by atoms with Crippen LogP contribution in [-0.4, -0.2) is 24.0 Å². The highest BCUT2D eigenvalue weighted by Gasteiger charge is 2.09. The van der Waals surface area contributed by atoms with E-state index in [-0.39, 0.29) is 11.9 Å². The second kappa shape index (κ2) is 7.13. The number of aromatic nitrogens is 1. The van der Waals surface area contributed by atoms with E-state index in [0.29, 0.717) is 16.5 Å². The van der Waals surface area contributed by atoms with Crippen LogP contribution in [0, 0.1) is 0 Å². The maximum Gasteiger partial charge on any atom is 0.270 e. The van der Waals surface area contributed by atoms with Crippen LogP contribution in [0.25, 0.3) is 0 Å². The number of pyridine rings is 1. The summed E-state index contributed by atoms with van der Waals surface area (Å²) in [4.78, 5) is 16.0. The van der Waals surface area contributed by atoms with Crippen LogP contribution in [-0.2, 0) is 0 Å². The molecule has 0 bridgehead atoms. The highest BCUT2D eigenvalue weighted by molar-refractivity contribution is 6.31. The third-order valence-electron chi connectivity index (χ3n) is 2.86. The molecule has 0 atom stereocenters. The minimum absolute atomic E-state index is 0.0721. The molecule has 6 heteroatoms. The van der Waals surface area contributed by atoms with Gasteiger partial charge in [0.1, 0.15) is 11.4 Å². The number of hydrogen-bond donors (Lipinski definition) is 2. The summed E-state index contributed by atoms with van der Waals surface area (Å²) in [6.45, 7) is 3.80. The Kier molecular flexibility index (Phi) is 5.22. The number of carbonyl (C=O) groups is 1. The lowest BCUT2D eigenvalue weighted by molar-refractivity contribution is 0.0938. The third kappa shape index (κ3) is 4.11. The van der Waals surface area contributed by atoms with E-state index in [1.165, 1.54) is 0 Å². The molecule has 2 N–H and O–H groups in total. The Morgan fingerprint density at radius 3 is 2.64 bits per heavy atom. The van der Waals surface area contributed by atoms with Gasteiger partial charge < -0.3 is 15.4 Å². The summed E-state index contributed by atoms with van der Waals surface area (Å²) in [6.07, 6.45) is 1.59. The molecule has 2 aromatic rings. The van der Waals surface area contributed by atoms with Gasteiger partial charge in [-0.2, -0.15) is 0 Å². The van der Waals surface area contributed by atoms with Crippen LogP contribution in [0.3, 0.4) is 0 Å². The standard InChI is InChI=1S/C16H18ClN3O2/c1-10(2)19-16(21)13-6-5-12(9-18-13)20-14-8-11(17)4-7-15(14)22-3/h4-10,20H,1-3H3,(H,19,21). The van der Waals surface area contributed by atoms with Crippen LogP contribution in [0.15, 0.2) is 36.5 Å². The molecule has 0 aliphatic rings. The number of hydrogen-bond acceptors (Lipinski definition) is 4. The van der Waals surface area contributed by atoms with Gasteiger partial charge in [0.25, 0.3) is 5.91 Å². The SMILES string of the molecule is COc1ccc(Cl)cc1Nc1ccc(C(=O)NC(C)C)nc1. The van der Waals surface area contributed by atoms with E-state index < -0.39 is 0 Å². The van der Waals surface area contributed by atoms with Crippen molar-refractivity contribution in [3.8, 4) is 5.75 Å². The smallest absolute Gasteiger partial charge is 0.270 e. The van der Waals surface area contributed by atoms with Crippen molar-refractivity contribution < 1.29 is 9.53 Å². The van der Waals surface area contributed by atoms with Crippen molar-refractivity contribution in [1.82, 2.24) is 10.3 Å². The quantitative estimate of drug-likeness (QED) is 0.883. The number of amides is 1. The van der Waals surface area contributed by atoms with Crippen molar-refractivity contribution in [3.05, 3.63) is 47.2 Å². The summed E-state index contributed by atoms with van der Waals surface area (Å²) in [5, 5.41) is 6.56. The van der Waals surface area contributed by atoms with E-state index >= 15 is 0 Å². The van der Waals surface area contributed by atoms with Crippen molar-refractivity contribution >= 4 is 28.9 Å². The molecule has 116 valence electrons. The molecule has 0 radical (unpaired) electrons. The number of methoxy groups -OCH3 is 1. The Hall–Kier alpha value is -2.27. The molecule has 0 spiro atoms. The second-order valence-electron chi connectivity index (χ2n) is 5.03. The summed E-state index contributed by atoms with van der Waals surface area (Å²) in [6, 6.07) is 8.81. The summed E-state index contributed by atoms with van der Waals surface area (Å²) < 4.78 is 5.27. The predicted molar refractivity (Wildman–Crippen MR) is 88.1 cm³/mol. The number of nitrogens with zero attached hydrogens (tertiary/aromatic N) is 1. The van der Waals surface area contributed by atoms with Crippen LogP contribution < -0.4 is 15.4 Å². The number of ether oxygens (including phenoxy) is 1. The zero-order chi connectivity index (χ0) is 16.1. The first kappa shape index (κ1) is 16.1. The Balaban J connectivity index is 2.15. The Labute approximate surface area is 134 Å². The van der Waals surface area contributed by atoms with Gasteiger partial charge in [-0.15, -0.1) is 0 Å². The zero-order valence-corrected chi connectivity index (χ0v) is 13.4. The molecular formula is C16H18ClN3O2. The van der Waals surface area contributed by atoms with Crippen LogP contribution >= 0.6 is 11.6 Å². The minimum Gasteiger partial charge on any atom is -0.495 e. The van der Waals surface area contributed by atoms with Gasteiger partial charge in [0.15, 0.2) is 0 Å². The molecular weight excluding hydrogens is 302 g/mol. The molecule has 0 aliphatic heterocycles. The molecule has 2 rings (SSSR count). The number of nitrogens with one attached hydrogen (secondary N) is 2. The van der Waals surface area contributed by atoms with E-state index in [1.807, 2.05) is 13.8 Å². The average Bonchev–Trinajstić information content (AvgIpc) is 2.47. The van der Waals surface area contributed by atoms with Gasteiger partial charge >= 0.3 is 0 Å². The molecule has 0 saturated carbocycles. The predicted octanol–water partition coefficient (Wildman–Crippen LogP) is 3.63. The first-order valence-corrected chi connectivity index (χ1v) is 7.25. The van der Waals surface area contributed by atoms with Gasteiger partial charge in [-0.3, -0.25) is 4.79 Å². The van der Waals surface area contributed by atoms with Gasteiger partial charge in [-0.1, -0.05) is 11.6 Å². The lowest BCUT2D eigenvalue weighted by Crippen LogP contribution is -2.30. The molecule has 22 heavy (non-hydrogen) atoms. The van der Waals surface area contributed by atoms with E-state index in [0.717, 1.165) is 11.4 Å². The highest BCUT2D eigenvalue weighted by atomic mass is 35.5. The van der Waals surface area contributed by atoms with Crippen molar-refractivity contribution in [2.45, 2.75) is 19.9 Å². The fraction of sp³-hybridized carbons (Fsp3) is 0.250. The number of halogens is 1. The van der Waals surface area contributed by atoms with Gasteiger partial charge in [0, 0.05) is 11.1 Å². The van der Waals surface area contributed by atoms with Crippen LogP contribution in [0.1, 0.15) is 24.3 Å². The molecule has 1 heterocycles. The fourth-order valence-corrected chi connectivity index (χ4v) is 2.04. The molecule has 0 fully saturated rings. The molecule has 1 amide bonds.